The minimum absolute atomic E-state index is 0.0379. The molecule has 1 heterocycles. The van der Waals surface area contributed by atoms with Crippen LogP contribution in [0.3, 0.4) is 0 Å². The molecule has 2 rings (SSSR count). The van der Waals surface area contributed by atoms with Gasteiger partial charge in [-0.05, 0) is 43.5 Å². The average molecular weight is 277 g/mol. The van der Waals surface area contributed by atoms with E-state index in [1.54, 1.807) is 25.1 Å². The molecule has 0 radical (unpaired) electrons. The third-order valence-electron chi connectivity index (χ3n) is 3.43. The van der Waals surface area contributed by atoms with Gasteiger partial charge >= 0.3 is 0 Å². The van der Waals surface area contributed by atoms with E-state index >= 15 is 0 Å². The number of hydrogen-bond acceptors (Lipinski definition) is 4. The van der Waals surface area contributed by atoms with E-state index in [-0.39, 0.29) is 12.0 Å². The number of carbonyl (C=O) groups is 2. The maximum absolute atomic E-state index is 12.1. The Morgan fingerprint density at radius 3 is 2.70 bits per heavy atom. The van der Waals surface area contributed by atoms with Gasteiger partial charge in [-0.25, -0.2) is 0 Å². The lowest BCUT2D eigenvalue weighted by Gasteiger charge is -2.14. The summed E-state index contributed by atoms with van der Waals surface area (Å²) in [6, 6.07) is 4.90. The molecule has 20 heavy (non-hydrogen) atoms. The third kappa shape index (κ3) is 3.15. The van der Waals surface area contributed by atoms with Gasteiger partial charge < -0.3 is 21.5 Å². The zero-order chi connectivity index (χ0) is 14.7. The Morgan fingerprint density at radius 1 is 1.40 bits per heavy atom. The first-order valence-electron chi connectivity index (χ1n) is 6.58. The molecule has 2 atom stereocenters. The fourth-order valence-corrected chi connectivity index (χ4v) is 2.24. The summed E-state index contributed by atoms with van der Waals surface area (Å²) < 4.78 is 5.54. The first-order valence-corrected chi connectivity index (χ1v) is 6.58. The van der Waals surface area contributed by atoms with Gasteiger partial charge in [-0.15, -0.1) is 0 Å². The Labute approximate surface area is 117 Å². The van der Waals surface area contributed by atoms with Gasteiger partial charge in [0, 0.05) is 17.8 Å². The number of amides is 2. The minimum atomic E-state index is -0.490. The predicted molar refractivity (Wildman–Crippen MR) is 75.3 cm³/mol. The lowest BCUT2D eigenvalue weighted by molar-refractivity contribution is -0.126. The molecule has 0 aromatic heterocycles. The molecule has 1 aliphatic rings. The van der Waals surface area contributed by atoms with Crippen LogP contribution in [0.15, 0.2) is 18.2 Å². The molecule has 0 bridgehead atoms. The van der Waals surface area contributed by atoms with E-state index in [1.165, 1.54) is 0 Å². The van der Waals surface area contributed by atoms with Crippen molar-refractivity contribution in [1.29, 1.82) is 0 Å². The molecule has 1 fully saturated rings. The van der Waals surface area contributed by atoms with Crippen LogP contribution in [0.2, 0.25) is 0 Å². The number of hydrogen-bond donors (Lipinski definition) is 3. The first kappa shape index (κ1) is 14.5. The number of aryl methyl sites for hydroxylation is 1. The molecule has 108 valence electrons. The molecule has 1 saturated heterocycles. The van der Waals surface area contributed by atoms with Crippen molar-refractivity contribution in [2.75, 3.05) is 11.9 Å². The van der Waals surface area contributed by atoms with E-state index in [2.05, 4.69) is 5.32 Å². The Balaban J connectivity index is 2.03. The van der Waals surface area contributed by atoms with Gasteiger partial charge in [0.05, 0.1) is 6.10 Å². The molecule has 1 aliphatic heterocycles. The van der Waals surface area contributed by atoms with Crippen LogP contribution in [0.4, 0.5) is 5.69 Å². The standard InChI is InChI=1S/C14H19N3O3/c1-8-6-9(13(16)18)2-4-11(8)17-14(19)12-5-3-10(7-15)20-12/h2,4,6,10,12H,3,5,7,15H2,1H3,(H2,16,18)(H,17,19). The Morgan fingerprint density at radius 2 is 2.15 bits per heavy atom. The maximum Gasteiger partial charge on any atom is 0.253 e. The van der Waals surface area contributed by atoms with Gasteiger partial charge in [0.15, 0.2) is 0 Å². The molecule has 6 heteroatoms. The van der Waals surface area contributed by atoms with Crippen LogP contribution in [0.5, 0.6) is 0 Å². The van der Waals surface area contributed by atoms with Gasteiger partial charge in [-0.2, -0.15) is 0 Å². The van der Waals surface area contributed by atoms with Crippen LogP contribution >= 0.6 is 0 Å². The van der Waals surface area contributed by atoms with Crippen LogP contribution in [-0.2, 0) is 9.53 Å². The largest absolute Gasteiger partial charge is 0.366 e. The Kier molecular flexibility index (Phi) is 4.36. The minimum Gasteiger partial charge on any atom is -0.366 e. The molecule has 1 aromatic carbocycles. The lowest BCUT2D eigenvalue weighted by Crippen LogP contribution is -2.30. The van der Waals surface area contributed by atoms with Crippen LogP contribution < -0.4 is 16.8 Å². The van der Waals surface area contributed by atoms with E-state index < -0.39 is 12.0 Å². The smallest absolute Gasteiger partial charge is 0.253 e. The summed E-state index contributed by atoms with van der Waals surface area (Å²) in [5, 5.41) is 2.81. The molecule has 1 aromatic rings. The molecule has 0 aliphatic carbocycles. The summed E-state index contributed by atoms with van der Waals surface area (Å²) in [6.45, 7) is 2.23. The molecular formula is C14H19N3O3. The number of nitrogens with two attached hydrogens (primary N) is 2. The number of ether oxygens (including phenoxy) is 1. The predicted octanol–water partition coefficient (Wildman–Crippen LogP) is 0.539. The van der Waals surface area contributed by atoms with E-state index in [9.17, 15) is 9.59 Å². The van der Waals surface area contributed by atoms with Crippen molar-refractivity contribution in [3.8, 4) is 0 Å². The second-order valence-corrected chi connectivity index (χ2v) is 4.94. The number of anilines is 1. The summed E-state index contributed by atoms with van der Waals surface area (Å²) in [6.07, 6.45) is 0.975. The van der Waals surface area contributed by atoms with Gasteiger partial charge in [0.1, 0.15) is 6.10 Å². The highest BCUT2D eigenvalue weighted by Crippen LogP contribution is 2.22. The SMILES string of the molecule is Cc1cc(C(N)=O)ccc1NC(=O)C1CCC(CN)O1. The van der Waals surface area contributed by atoms with Crippen molar-refractivity contribution in [2.45, 2.75) is 32.0 Å². The van der Waals surface area contributed by atoms with Crippen molar-refractivity contribution >= 4 is 17.5 Å². The number of rotatable bonds is 4. The van der Waals surface area contributed by atoms with E-state index in [4.69, 9.17) is 16.2 Å². The zero-order valence-electron chi connectivity index (χ0n) is 11.4. The highest BCUT2D eigenvalue weighted by Gasteiger charge is 2.30. The van der Waals surface area contributed by atoms with Crippen molar-refractivity contribution in [2.24, 2.45) is 11.5 Å². The molecule has 2 amide bonds. The first-order chi connectivity index (χ1) is 9.51. The Hall–Kier alpha value is -1.92. The molecule has 2 unspecified atom stereocenters. The summed E-state index contributed by atoms with van der Waals surface area (Å²) in [4.78, 5) is 23.1. The van der Waals surface area contributed by atoms with E-state index in [0.717, 1.165) is 12.0 Å². The Bertz CT molecular complexity index is 530. The van der Waals surface area contributed by atoms with Crippen molar-refractivity contribution in [3.05, 3.63) is 29.3 Å². The molecular weight excluding hydrogens is 258 g/mol. The molecule has 6 nitrogen and oxygen atoms in total. The van der Waals surface area contributed by atoms with Crippen LogP contribution in [-0.4, -0.2) is 30.6 Å². The average Bonchev–Trinajstić information content (AvgIpc) is 2.89. The lowest BCUT2D eigenvalue weighted by atomic mass is 10.1. The van der Waals surface area contributed by atoms with E-state index in [0.29, 0.717) is 24.2 Å². The van der Waals surface area contributed by atoms with Crippen LogP contribution in [0.1, 0.15) is 28.8 Å². The van der Waals surface area contributed by atoms with Crippen LogP contribution in [0, 0.1) is 6.92 Å². The summed E-state index contributed by atoms with van der Waals surface area (Å²) in [5.74, 6) is -0.674. The van der Waals surface area contributed by atoms with Gasteiger partial charge in [-0.1, -0.05) is 0 Å². The van der Waals surface area contributed by atoms with E-state index in [1.807, 2.05) is 0 Å². The molecule has 0 spiro atoms. The summed E-state index contributed by atoms with van der Waals surface area (Å²) in [7, 11) is 0. The summed E-state index contributed by atoms with van der Waals surface area (Å²) >= 11 is 0. The van der Waals surface area contributed by atoms with Crippen molar-refractivity contribution in [3.63, 3.8) is 0 Å². The van der Waals surface area contributed by atoms with Gasteiger partial charge in [0.25, 0.3) is 5.91 Å². The monoisotopic (exact) mass is 277 g/mol. The highest BCUT2D eigenvalue weighted by atomic mass is 16.5. The fraction of sp³-hybridized carbons (Fsp3) is 0.429. The number of nitrogens with one attached hydrogen (secondary N) is 1. The number of benzene rings is 1. The summed E-state index contributed by atoms with van der Waals surface area (Å²) in [5.41, 5.74) is 12.6. The zero-order valence-corrected chi connectivity index (χ0v) is 11.4. The molecule has 0 saturated carbocycles. The normalized spacial score (nSPS) is 21.7. The number of carbonyl (C=O) groups excluding carboxylic acids is 2. The second-order valence-electron chi connectivity index (χ2n) is 4.94. The third-order valence-corrected chi connectivity index (χ3v) is 3.43. The van der Waals surface area contributed by atoms with Gasteiger partial charge in [-0.3, -0.25) is 9.59 Å². The fourth-order valence-electron chi connectivity index (χ4n) is 2.24. The number of primary amides is 1. The van der Waals surface area contributed by atoms with Gasteiger partial charge in [0.2, 0.25) is 5.91 Å². The van der Waals surface area contributed by atoms with Crippen molar-refractivity contribution in [1.82, 2.24) is 0 Å². The highest BCUT2D eigenvalue weighted by molar-refractivity contribution is 5.97. The second kappa shape index (κ2) is 6.02. The maximum atomic E-state index is 12.1. The quantitative estimate of drug-likeness (QED) is 0.746. The van der Waals surface area contributed by atoms with Crippen LogP contribution in [0.25, 0.3) is 0 Å². The molecule has 5 N–H and O–H groups in total. The topological polar surface area (TPSA) is 107 Å². The van der Waals surface area contributed by atoms with Crippen molar-refractivity contribution < 1.29 is 14.3 Å².